The number of H-pyrrole nitrogens is 2. The molecule has 8 heteroatoms. The van der Waals surface area contributed by atoms with Crippen molar-refractivity contribution in [3.63, 3.8) is 0 Å². The predicted octanol–water partition coefficient (Wildman–Crippen LogP) is 5.74. The fraction of sp³-hybridized carbons (Fsp3) is 0.111. The number of aryl methyl sites for hydroxylation is 1. The summed E-state index contributed by atoms with van der Waals surface area (Å²) in [7, 11) is 3.96. The number of benzene rings is 1. The first-order valence-corrected chi connectivity index (χ1v) is 11.2. The van der Waals surface area contributed by atoms with Gasteiger partial charge >= 0.3 is 0 Å². The first kappa shape index (κ1) is 21.0. The minimum Gasteiger partial charge on any atom is -0.376 e. The molecule has 5 aromatic heterocycles. The van der Waals surface area contributed by atoms with Crippen LogP contribution in [0.4, 0.5) is 10.1 Å². The number of anilines is 1. The zero-order valence-electron chi connectivity index (χ0n) is 19.5. The highest BCUT2D eigenvalue weighted by Crippen LogP contribution is 2.34. The van der Waals surface area contributed by atoms with Gasteiger partial charge < -0.3 is 9.88 Å². The fourth-order valence-electron chi connectivity index (χ4n) is 4.36. The first-order valence-electron chi connectivity index (χ1n) is 11.2. The van der Waals surface area contributed by atoms with Crippen molar-refractivity contribution in [1.82, 2.24) is 30.1 Å². The van der Waals surface area contributed by atoms with Crippen molar-refractivity contribution in [2.75, 3.05) is 19.0 Å². The van der Waals surface area contributed by atoms with Crippen molar-refractivity contribution >= 4 is 27.6 Å². The number of hydrogen-bond donors (Lipinski definition) is 2. The van der Waals surface area contributed by atoms with E-state index in [0.29, 0.717) is 5.69 Å². The van der Waals surface area contributed by atoms with Gasteiger partial charge in [0.05, 0.1) is 40.5 Å². The summed E-state index contributed by atoms with van der Waals surface area (Å²) in [5.41, 5.74) is 9.16. The normalized spacial score (nSPS) is 11.4. The second kappa shape index (κ2) is 8.02. The smallest absolute Gasteiger partial charge is 0.135 e. The van der Waals surface area contributed by atoms with Crippen molar-refractivity contribution in [2.24, 2.45) is 0 Å². The van der Waals surface area contributed by atoms with Crippen LogP contribution in [0.15, 0.2) is 67.3 Å². The van der Waals surface area contributed by atoms with Crippen molar-refractivity contribution < 1.29 is 4.39 Å². The van der Waals surface area contributed by atoms with Crippen LogP contribution in [0.3, 0.4) is 0 Å². The van der Waals surface area contributed by atoms with E-state index in [-0.39, 0.29) is 5.82 Å². The Kier molecular flexibility index (Phi) is 4.81. The molecule has 0 aliphatic carbocycles. The number of pyridine rings is 3. The Labute approximate surface area is 200 Å². The number of fused-ring (bicyclic) bond motifs is 2. The Hall–Kier alpha value is -4.59. The minimum absolute atomic E-state index is 0.268. The lowest BCUT2D eigenvalue weighted by atomic mass is 10.0. The Morgan fingerprint density at radius 1 is 0.857 bits per heavy atom. The molecular formula is C27H22FN7. The van der Waals surface area contributed by atoms with Gasteiger partial charge in [0.1, 0.15) is 17.0 Å². The molecule has 0 aliphatic rings. The molecule has 6 aromatic rings. The van der Waals surface area contributed by atoms with E-state index in [1.165, 1.54) is 12.1 Å². The highest BCUT2D eigenvalue weighted by Gasteiger charge is 2.16. The molecular weight excluding hydrogens is 441 g/mol. The van der Waals surface area contributed by atoms with Gasteiger partial charge in [-0.2, -0.15) is 5.10 Å². The second-order valence-corrected chi connectivity index (χ2v) is 8.84. The SMILES string of the molecule is Cc1cc(F)cc(-c2cncc3[nH]c(-c4n[nH]c5ccc(-c6cncc(N(C)C)c6)nc45)cc23)c1. The van der Waals surface area contributed by atoms with Crippen LogP contribution in [-0.2, 0) is 0 Å². The summed E-state index contributed by atoms with van der Waals surface area (Å²) in [4.78, 5) is 19.1. The third-order valence-corrected chi connectivity index (χ3v) is 6.10. The summed E-state index contributed by atoms with van der Waals surface area (Å²) in [6, 6.07) is 13.0. The van der Waals surface area contributed by atoms with Gasteiger partial charge in [-0.25, -0.2) is 9.37 Å². The maximum absolute atomic E-state index is 14.1. The van der Waals surface area contributed by atoms with Gasteiger partial charge in [-0.3, -0.25) is 15.1 Å². The number of nitrogens with zero attached hydrogens (tertiary/aromatic N) is 5. The van der Waals surface area contributed by atoms with Crippen LogP contribution in [0.1, 0.15) is 5.56 Å². The molecule has 7 nitrogen and oxygen atoms in total. The zero-order valence-corrected chi connectivity index (χ0v) is 19.5. The van der Waals surface area contributed by atoms with Gasteiger partial charge in [0, 0.05) is 43.0 Å². The molecule has 0 bridgehead atoms. The highest BCUT2D eigenvalue weighted by atomic mass is 19.1. The molecule has 5 heterocycles. The van der Waals surface area contributed by atoms with Crippen LogP contribution in [0.25, 0.3) is 55.7 Å². The summed E-state index contributed by atoms with van der Waals surface area (Å²) in [5, 5.41) is 8.57. The van der Waals surface area contributed by atoms with E-state index in [0.717, 1.165) is 61.3 Å². The van der Waals surface area contributed by atoms with Crippen molar-refractivity contribution in [1.29, 1.82) is 0 Å². The van der Waals surface area contributed by atoms with E-state index < -0.39 is 0 Å². The van der Waals surface area contributed by atoms with Gasteiger partial charge in [-0.1, -0.05) is 6.07 Å². The Morgan fingerprint density at radius 3 is 2.54 bits per heavy atom. The zero-order chi connectivity index (χ0) is 24.1. The molecule has 0 fully saturated rings. The van der Waals surface area contributed by atoms with Crippen molar-refractivity contribution in [2.45, 2.75) is 6.92 Å². The van der Waals surface area contributed by atoms with E-state index in [4.69, 9.17) is 4.98 Å². The van der Waals surface area contributed by atoms with E-state index in [1.807, 2.05) is 62.6 Å². The molecule has 2 N–H and O–H groups in total. The summed E-state index contributed by atoms with van der Waals surface area (Å²) < 4.78 is 14.1. The van der Waals surface area contributed by atoms with Gasteiger partial charge in [0.2, 0.25) is 0 Å². The minimum atomic E-state index is -0.268. The van der Waals surface area contributed by atoms with Crippen molar-refractivity contribution in [3.05, 3.63) is 78.6 Å². The van der Waals surface area contributed by atoms with Crippen molar-refractivity contribution in [3.8, 4) is 33.8 Å². The highest BCUT2D eigenvalue weighted by molar-refractivity contribution is 6.00. The molecule has 0 amide bonds. The molecule has 0 atom stereocenters. The number of hydrogen-bond acceptors (Lipinski definition) is 5. The number of aromatic amines is 2. The lowest BCUT2D eigenvalue weighted by molar-refractivity contribution is 0.627. The van der Waals surface area contributed by atoms with Crippen LogP contribution in [0, 0.1) is 12.7 Å². The Balaban J connectivity index is 1.48. The van der Waals surface area contributed by atoms with E-state index in [2.05, 4.69) is 31.2 Å². The molecule has 0 aliphatic heterocycles. The third-order valence-electron chi connectivity index (χ3n) is 6.10. The molecule has 6 rings (SSSR count). The number of nitrogens with one attached hydrogen (secondary N) is 2. The lowest BCUT2D eigenvalue weighted by Gasteiger charge is -2.12. The van der Waals surface area contributed by atoms with Gasteiger partial charge in [-0.15, -0.1) is 0 Å². The molecule has 1 aromatic carbocycles. The van der Waals surface area contributed by atoms with Crippen LogP contribution >= 0.6 is 0 Å². The summed E-state index contributed by atoms with van der Waals surface area (Å²) in [6.07, 6.45) is 7.16. The monoisotopic (exact) mass is 463 g/mol. The third kappa shape index (κ3) is 3.69. The molecule has 0 spiro atoms. The Bertz CT molecular complexity index is 1690. The number of halogens is 1. The lowest BCUT2D eigenvalue weighted by Crippen LogP contribution is -2.08. The van der Waals surface area contributed by atoms with Gasteiger partial charge in [-0.05, 0) is 54.4 Å². The molecule has 0 radical (unpaired) electrons. The first-order chi connectivity index (χ1) is 17.0. The molecule has 0 unspecified atom stereocenters. The number of aromatic nitrogens is 6. The molecule has 0 saturated heterocycles. The summed E-state index contributed by atoms with van der Waals surface area (Å²) in [5.74, 6) is -0.268. The quantitative estimate of drug-likeness (QED) is 0.348. The standard InChI is InChI=1S/C27H22FN7/c1-15-6-16(8-18(28)7-15)21-13-30-14-25-20(21)10-24(31-25)27-26-23(33-34-27)5-4-22(32-26)17-9-19(35(2)3)12-29-11-17/h4-14,31H,1-3H3,(H,33,34). The summed E-state index contributed by atoms with van der Waals surface area (Å²) >= 11 is 0. The average Bonchev–Trinajstić information content (AvgIpc) is 3.47. The summed E-state index contributed by atoms with van der Waals surface area (Å²) in [6.45, 7) is 1.88. The van der Waals surface area contributed by atoms with E-state index >= 15 is 0 Å². The van der Waals surface area contributed by atoms with E-state index in [9.17, 15) is 4.39 Å². The second-order valence-electron chi connectivity index (χ2n) is 8.84. The van der Waals surface area contributed by atoms with Gasteiger partial charge in [0.25, 0.3) is 0 Å². The van der Waals surface area contributed by atoms with Crippen LogP contribution in [-0.4, -0.2) is 44.2 Å². The largest absolute Gasteiger partial charge is 0.376 e. The number of rotatable bonds is 4. The molecule has 0 saturated carbocycles. The maximum atomic E-state index is 14.1. The van der Waals surface area contributed by atoms with Crippen LogP contribution in [0.5, 0.6) is 0 Å². The molecule has 35 heavy (non-hydrogen) atoms. The topological polar surface area (TPSA) is 86.4 Å². The van der Waals surface area contributed by atoms with Gasteiger partial charge in [0.15, 0.2) is 0 Å². The predicted molar refractivity (Wildman–Crippen MR) is 137 cm³/mol. The molecule has 172 valence electrons. The maximum Gasteiger partial charge on any atom is 0.135 e. The fourth-order valence-corrected chi connectivity index (χ4v) is 4.36. The van der Waals surface area contributed by atoms with Crippen LogP contribution < -0.4 is 4.90 Å². The van der Waals surface area contributed by atoms with E-state index in [1.54, 1.807) is 12.4 Å². The average molecular weight is 464 g/mol. The Morgan fingerprint density at radius 2 is 1.71 bits per heavy atom. The van der Waals surface area contributed by atoms with Crippen LogP contribution in [0.2, 0.25) is 0 Å².